The molecule has 0 aromatic heterocycles. The van der Waals surface area contributed by atoms with E-state index < -0.39 is 0 Å². The molecule has 2 aromatic carbocycles. The fourth-order valence-corrected chi connectivity index (χ4v) is 7.86. The number of phenolic OH excluding ortho intramolecular Hbond substituents is 2. The summed E-state index contributed by atoms with van der Waals surface area (Å²) in [7, 11) is 0. The van der Waals surface area contributed by atoms with Crippen LogP contribution in [0.4, 0.5) is 0 Å². The molecule has 2 N–H and O–H groups in total. The SMILES string of the molecule is O=C(OC1C2CC3CC(C2)CC1C3)c1ccc([As]Cc2cc(O)ccc2O)cc1. The van der Waals surface area contributed by atoms with E-state index in [1.54, 1.807) is 6.07 Å². The van der Waals surface area contributed by atoms with Crippen molar-refractivity contribution in [2.75, 3.05) is 0 Å². The van der Waals surface area contributed by atoms with Gasteiger partial charge >= 0.3 is 178 Å². The van der Waals surface area contributed by atoms with Gasteiger partial charge in [-0.15, -0.1) is 0 Å². The molecule has 151 valence electrons. The van der Waals surface area contributed by atoms with Crippen molar-refractivity contribution in [1.82, 2.24) is 0 Å². The van der Waals surface area contributed by atoms with Gasteiger partial charge in [-0.05, 0) is 0 Å². The van der Waals surface area contributed by atoms with Gasteiger partial charge in [-0.2, -0.15) is 0 Å². The normalized spacial score (nSPS) is 30.1. The molecule has 4 bridgehead atoms. The fraction of sp³-hybridized carbons (Fsp3) is 0.458. The van der Waals surface area contributed by atoms with Crippen molar-refractivity contribution < 1.29 is 19.7 Å². The van der Waals surface area contributed by atoms with Crippen molar-refractivity contribution in [2.45, 2.75) is 43.4 Å². The first-order chi connectivity index (χ1) is 14.0. The summed E-state index contributed by atoms with van der Waals surface area (Å²) in [5, 5.41) is 20.2. The summed E-state index contributed by atoms with van der Waals surface area (Å²) in [5.74, 6) is 3.11. The predicted octanol–water partition coefficient (Wildman–Crippen LogP) is 3.61. The molecule has 4 saturated carbocycles. The zero-order valence-electron chi connectivity index (χ0n) is 16.3. The summed E-state index contributed by atoms with van der Waals surface area (Å²) in [6, 6.07) is 12.3. The van der Waals surface area contributed by atoms with Gasteiger partial charge in [0.05, 0.1) is 0 Å². The van der Waals surface area contributed by atoms with Crippen LogP contribution < -0.4 is 4.35 Å². The van der Waals surface area contributed by atoms with E-state index in [0.717, 1.165) is 17.4 Å². The molecule has 4 fully saturated rings. The number of hydrogen-bond donors (Lipinski definition) is 2. The topological polar surface area (TPSA) is 66.8 Å². The molecular weight excluding hydrogens is 427 g/mol. The van der Waals surface area contributed by atoms with Gasteiger partial charge < -0.3 is 0 Å². The molecule has 4 nitrogen and oxygen atoms in total. The van der Waals surface area contributed by atoms with Gasteiger partial charge in [-0.25, -0.2) is 0 Å². The molecule has 0 atom stereocenters. The summed E-state index contributed by atoms with van der Waals surface area (Å²) in [6.45, 7) is 0. The average Bonchev–Trinajstić information content (AvgIpc) is 2.71. The van der Waals surface area contributed by atoms with Crippen molar-refractivity contribution >= 4 is 26.1 Å². The second kappa shape index (κ2) is 7.72. The van der Waals surface area contributed by atoms with E-state index in [9.17, 15) is 15.0 Å². The molecule has 6 rings (SSSR count). The fourth-order valence-electron chi connectivity index (χ4n) is 5.84. The molecule has 5 heteroatoms. The third kappa shape index (κ3) is 3.92. The number of phenols is 2. The number of rotatable bonds is 5. The Bertz CT molecular complexity index is 880. The van der Waals surface area contributed by atoms with E-state index in [4.69, 9.17) is 4.74 Å². The quantitative estimate of drug-likeness (QED) is 0.413. The molecule has 4 aliphatic carbocycles. The standard InChI is InChI=1S/C24H26AsO4/c26-21-5-6-22(27)19(12-21)13-25-20-3-1-16(2-4-20)24(28)29-23-17-8-14-7-15(10-17)11-18(23)9-14/h1-6,12,14-15,17-18,23,26-27H,7-11,13H2. The van der Waals surface area contributed by atoms with Gasteiger partial charge in [-0.1, -0.05) is 0 Å². The zero-order chi connectivity index (χ0) is 20.0. The molecule has 0 amide bonds. The summed E-state index contributed by atoms with van der Waals surface area (Å²) in [6.07, 6.45) is 6.50. The van der Waals surface area contributed by atoms with E-state index in [1.807, 2.05) is 24.3 Å². The molecule has 0 aliphatic heterocycles. The third-order valence-corrected chi connectivity index (χ3v) is 9.42. The molecule has 0 unspecified atom stereocenters. The third-order valence-electron chi connectivity index (χ3n) is 6.98. The zero-order valence-corrected chi connectivity index (χ0v) is 18.2. The van der Waals surface area contributed by atoms with E-state index in [2.05, 4.69) is 0 Å². The number of aromatic hydroxyl groups is 2. The van der Waals surface area contributed by atoms with Crippen molar-refractivity contribution in [3.8, 4) is 11.5 Å². The molecule has 0 saturated heterocycles. The van der Waals surface area contributed by atoms with Gasteiger partial charge in [0.1, 0.15) is 0 Å². The van der Waals surface area contributed by atoms with Crippen LogP contribution >= 0.6 is 0 Å². The monoisotopic (exact) mass is 453 g/mol. The van der Waals surface area contributed by atoms with Gasteiger partial charge in [0, 0.05) is 0 Å². The van der Waals surface area contributed by atoms with Crippen LogP contribution in [-0.4, -0.2) is 38.0 Å². The van der Waals surface area contributed by atoms with Crippen LogP contribution in [0.25, 0.3) is 0 Å². The number of ether oxygens (including phenoxy) is 1. The number of carbonyl (C=O) groups is 1. The molecule has 1 radical (unpaired) electrons. The summed E-state index contributed by atoms with van der Waals surface area (Å²) < 4.78 is 7.20. The Hall–Kier alpha value is -1.93. The minimum atomic E-state index is -0.203. The molecule has 0 heterocycles. The Morgan fingerprint density at radius 2 is 1.59 bits per heavy atom. The maximum absolute atomic E-state index is 12.7. The van der Waals surface area contributed by atoms with Crippen LogP contribution in [0.1, 0.15) is 48.0 Å². The Labute approximate surface area is 178 Å². The Morgan fingerprint density at radius 1 is 0.931 bits per heavy atom. The molecule has 4 aliphatic rings. The Balaban J connectivity index is 1.20. The number of hydrogen-bond acceptors (Lipinski definition) is 4. The van der Waals surface area contributed by atoms with Crippen molar-refractivity contribution in [3.05, 3.63) is 53.6 Å². The maximum atomic E-state index is 12.7. The second-order valence-electron chi connectivity index (χ2n) is 8.98. The van der Waals surface area contributed by atoms with Gasteiger partial charge in [0.2, 0.25) is 0 Å². The molecule has 29 heavy (non-hydrogen) atoms. The van der Waals surface area contributed by atoms with Crippen molar-refractivity contribution in [3.63, 3.8) is 0 Å². The van der Waals surface area contributed by atoms with Gasteiger partial charge in [-0.3, -0.25) is 0 Å². The molecule has 2 aromatic rings. The first-order valence-corrected chi connectivity index (χ1v) is 12.8. The summed E-state index contributed by atoms with van der Waals surface area (Å²) in [5.41, 5.74) is 1.39. The van der Waals surface area contributed by atoms with Crippen LogP contribution in [0.5, 0.6) is 11.5 Å². The number of benzene rings is 2. The van der Waals surface area contributed by atoms with Crippen LogP contribution in [0.3, 0.4) is 0 Å². The predicted molar refractivity (Wildman–Crippen MR) is 112 cm³/mol. The van der Waals surface area contributed by atoms with E-state index in [-0.39, 0.29) is 39.3 Å². The van der Waals surface area contributed by atoms with Crippen molar-refractivity contribution in [2.24, 2.45) is 23.7 Å². The van der Waals surface area contributed by atoms with Crippen LogP contribution in [0.15, 0.2) is 42.5 Å². The first-order valence-electron chi connectivity index (χ1n) is 10.5. The Kier molecular flexibility index (Phi) is 5.07. The molecular formula is C24H26AsO4. The first kappa shape index (κ1) is 19.1. The average molecular weight is 453 g/mol. The van der Waals surface area contributed by atoms with Crippen LogP contribution in [0.2, 0.25) is 0 Å². The second-order valence-corrected chi connectivity index (χ2v) is 11.4. The Morgan fingerprint density at radius 3 is 2.24 bits per heavy atom. The minimum absolute atomic E-state index is 0.120. The molecule has 0 spiro atoms. The van der Waals surface area contributed by atoms with Gasteiger partial charge in [0.25, 0.3) is 0 Å². The summed E-state index contributed by atoms with van der Waals surface area (Å²) >= 11 is -0.203. The van der Waals surface area contributed by atoms with Gasteiger partial charge in [0.15, 0.2) is 0 Å². The van der Waals surface area contributed by atoms with E-state index >= 15 is 0 Å². The number of esters is 1. The number of carbonyl (C=O) groups excluding carboxylic acids is 1. The summed E-state index contributed by atoms with van der Waals surface area (Å²) in [4.78, 5) is 12.7. The van der Waals surface area contributed by atoms with E-state index in [0.29, 0.717) is 22.6 Å². The van der Waals surface area contributed by atoms with Crippen LogP contribution in [-0.2, 0) is 9.95 Å². The van der Waals surface area contributed by atoms with Crippen LogP contribution in [0, 0.1) is 23.7 Å². The van der Waals surface area contributed by atoms with E-state index in [1.165, 1.54) is 48.6 Å². The van der Waals surface area contributed by atoms with Crippen molar-refractivity contribution in [1.29, 1.82) is 0 Å².